The molecule has 4 aliphatic rings. The summed E-state index contributed by atoms with van der Waals surface area (Å²) in [6.07, 6.45) is 8.54. The lowest BCUT2D eigenvalue weighted by molar-refractivity contribution is 0.133. The molecule has 0 aliphatic carbocycles. The molecular formula is C24H31N5O2S. The van der Waals surface area contributed by atoms with E-state index in [-0.39, 0.29) is 0 Å². The van der Waals surface area contributed by atoms with E-state index in [2.05, 4.69) is 28.6 Å². The summed E-state index contributed by atoms with van der Waals surface area (Å²) < 4.78 is 11.9. The molecule has 0 aromatic carbocycles. The number of aromatic nitrogens is 3. The fourth-order valence-corrected chi connectivity index (χ4v) is 6.64. The van der Waals surface area contributed by atoms with Crippen molar-refractivity contribution in [2.45, 2.75) is 55.5 Å². The number of fused-ring (bicyclic) bond motifs is 3. The largest absolute Gasteiger partial charge is 0.486 e. The smallest absolute Gasteiger partial charge is 0.175 e. The van der Waals surface area contributed by atoms with E-state index in [0.29, 0.717) is 17.4 Å². The van der Waals surface area contributed by atoms with Crippen LogP contribution in [0.5, 0.6) is 5.75 Å². The second-order valence-corrected chi connectivity index (χ2v) is 11.0. The van der Waals surface area contributed by atoms with Gasteiger partial charge in [-0.1, -0.05) is 18.7 Å². The minimum absolute atomic E-state index is 0.403. The Morgan fingerprint density at radius 3 is 2.81 bits per heavy atom. The number of pyridine rings is 1. The van der Waals surface area contributed by atoms with Gasteiger partial charge in [0.25, 0.3) is 0 Å². The normalized spacial score (nSPS) is 26.2. The molecule has 0 radical (unpaired) electrons. The van der Waals surface area contributed by atoms with E-state index in [0.717, 1.165) is 72.5 Å². The third-order valence-corrected chi connectivity index (χ3v) is 8.53. The van der Waals surface area contributed by atoms with E-state index in [1.54, 1.807) is 11.8 Å². The van der Waals surface area contributed by atoms with Crippen LogP contribution in [0.15, 0.2) is 28.4 Å². The predicted octanol–water partition coefficient (Wildman–Crippen LogP) is 3.95. The summed E-state index contributed by atoms with van der Waals surface area (Å²) in [5.41, 5.74) is 1.39. The maximum atomic E-state index is 6.19. The van der Waals surface area contributed by atoms with Crippen molar-refractivity contribution in [2.24, 2.45) is 11.3 Å². The van der Waals surface area contributed by atoms with Gasteiger partial charge in [0.2, 0.25) is 0 Å². The molecule has 170 valence electrons. The van der Waals surface area contributed by atoms with E-state index < -0.39 is 0 Å². The van der Waals surface area contributed by atoms with E-state index in [1.807, 2.05) is 18.5 Å². The fraction of sp³-hybridized carbons (Fsp3) is 0.625. The Bertz CT molecular complexity index is 1000. The summed E-state index contributed by atoms with van der Waals surface area (Å²) >= 11 is 1.62. The SMILES string of the molecule is Cc1nc(Sc2ccnc3c2OCC2CC(C)CN32)cnc1N1CCC2(CCOC2)CC1. The maximum Gasteiger partial charge on any atom is 0.175 e. The molecule has 8 heteroatoms. The second kappa shape index (κ2) is 8.06. The van der Waals surface area contributed by atoms with Crippen LogP contribution in [0, 0.1) is 18.3 Å². The van der Waals surface area contributed by atoms with Crippen LogP contribution in [0.25, 0.3) is 0 Å². The molecule has 6 heterocycles. The molecule has 1 spiro atoms. The monoisotopic (exact) mass is 453 g/mol. The molecule has 0 saturated carbocycles. The molecule has 2 atom stereocenters. The van der Waals surface area contributed by atoms with Gasteiger partial charge in [0, 0.05) is 32.4 Å². The summed E-state index contributed by atoms with van der Waals surface area (Å²) in [7, 11) is 0. The molecule has 2 aromatic rings. The molecular weight excluding hydrogens is 422 g/mol. The van der Waals surface area contributed by atoms with Gasteiger partial charge in [-0.25, -0.2) is 15.0 Å². The van der Waals surface area contributed by atoms with Crippen LogP contribution in [0.3, 0.4) is 0 Å². The van der Waals surface area contributed by atoms with Crippen LogP contribution < -0.4 is 14.5 Å². The third kappa shape index (κ3) is 3.61. The zero-order valence-corrected chi connectivity index (χ0v) is 19.7. The van der Waals surface area contributed by atoms with Gasteiger partial charge in [0.15, 0.2) is 11.6 Å². The standard InChI is InChI=1S/C24H31N5O2S/c1-16-11-18-14-31-21-19(3-7-25-23(21)29(18)13-16)32-20-12-26-22(17(2)27-20)28-8-4-24(5-9-28)6-10-30-15-24/h3,7,12,16,18H,4-6,8-11,13-15H2,1-2H3. The lowest BCUT2D eigenvalue weighted by atomic mass is 9.78. The first-order valence-corrected chi connectivity index (χ1v) is 12.6. The van der Waals surface area contributed by atoms with Crippen LogP contribution in [-0.2, 0) is 4.74 Å². The highest BCUT2D eigenvalue weighted by molar-refractivity contribution is 7.99. The van der Waals surface area contributed by atoms with Crippen molar-refractivity contribution < 1.29 is 9.47 Å². The maximum absolute atomic E-state index is 6.19. The van der Waals surface area contributed by atoms with Crippen LogP contribution in [0.4, 0.5) is 11.6 Å². The zero-order valence-electron chi connectivity index (χ0n) is 18.9. The Hall–Kier alpha value is -2.06. The fourth-order valence-electron chi connectivity index (χ4n) is 5.75. The predicted molar refractivity (Wildman–Crippen MR) is 125 cm³/mol. The molecule has 0 bridgehead atoms. The molecule has 32 heavy (non-hydrogen) atoms. The Kier molecular flexibility index (Phi) is 5.17. The highest BCUT2D eigenvalue weighted by Gasteiger charge is 2.39. The third-order valence-electron chi connectivity index (χ3n) is 7.59. The van der Waals surface area contributed by atoms with Crippen molar-refractivity contribution in [3.63, 3.8) is 0 Å². The summed E-state index contributed by atoms with van der Waals surface area (Å²) in [5.74, 6) is 3.58. The molecule has 2 aromatic heterocycles. The molecule has 0 N–H and O–H groups in total. The number of hydrogen-bond acceptors (Lipinski definition) is 8. The molecule has 2 unspecified atom stereocenters. The lowest BCUT2D eigenvalue weighted by Gasteiger charge is -2.39. The Morgan fingerprint density at radius 2 is 2.03 bits per heavy atom. The van der Waals surface area contributed by atoms with E-state index in [4.69, 9.17) is 19.4 Å². The highest BCUT2D eigenvalue weighted by Crippen LogP contribution is 2.45. The highest BCUT2D eigenvalue weighted by atomic mass is 32.2. The van der Waals surface area contributed by atoms with E-state index in [9.17, 15) is 0 Å². The van der Waals surface area contributed by atoms with Gasteiger partial charge >= 0.3 is 0 Å². The summed E-state index contributed by atoms with van der Waals surface area (Å²) in [5, 5.41) is 0.901. The van der Waals surface area contributed by atoms with Gasteiger partial charge in [0.05, 0.1) is 29.4 Å². The number of nitrogens with zero attached hydrogens (tertiary/aromatic N) is 5. The minimum Gasteiger partial charge on any atom is -0.486 e. The first kappa shape index (κ1) is 20.5. The van der Waals surface area contributed by atoms with E-state index in [1.165, 1.54) is 25.7 Å². The van der Waals surface area contributed by atoms with Gasteiger partial charge in [0.1, 0.15) is 17.5 Å². The van der Waals surface area contributed by atoms with Crippen LogP contribution in [0.2, 0.25) is 0 Å². The number of aryl methyl sites for hydroxylation is 1. The van der Waals surface area contributed by atoms with Gasteiger partial charge in [-0.05, 0) is 50.0 Å². The first-order chi connectivity index (χ1) is 15.6. The summed E-state index contributed by atoms with van der Waals surface area (Å²) in [4.78, 5) is 20.3. The molecule has 7 nitrogen and oxygen atoms in total. The Labute approximate surface area is 193 Å². The minimum atomic E-state index is 0.403. The molecule has 0 amide bonds. The van der Waals surface area contributed by atoms with Crippen molar-refractivity contribution >= 4 is 23.4 Å². The lowest BCUT2D eigenvalue weighted by Crippen LogP contribution is -2.41. The average Bonchev–Trinajstić information content (AvgIpc) is 3.41. The Morgan fingerprint density at radius 1 is 1.16 bits per heavy atom. The second-order valence-electron chi connectivity index (χ2n) is 9.93. The number of hydrogen-bond donors (Lipinski definition) is 0. The van der Waals surface area contributed by atoms with Crippen molar-refractivity contribution in [1.82, 2.24) is 15.0 Å². The van der Waals surface area contributed by atoms with Gasteiger partial charge in [-0.2, -0.15) is 0 Å². The summed E-state index contributed by atoms with van der Waals surface area (Å²) in [6.45, 7) is 10.1. The number of piperidine rings is 1. The topological polar surface area (TPSA) is 63.6 Å². The van der Waals surface area contributed by atoms with Crippen molar-refractivity contribution in [3.8, 4) is 5.75 Å². The number of rotatable bonds is 3. The van der Waals surface area contributed by atoms with Crippen LogP contribution in [0.1, 0.15) is 38.3 Å². The van der Waals surface area contributed by atoms with Crippen LogP contribution >= 0.6 is 11.8 Å². The molecule has 3 saturated heterocycles. The molecule has 3 fully saturated rings. The van der Waals surface area contributed by atoms with Crippen molar-refractivity contribution in [3.05, 3.63) is 24.2 Å². The average molecular weight is 454 g/mol. The number of anilines is 2. The zero-order chi connectivity index (χ0) is 21.7. The van der Waals surface area contributed by atoms with Gasteiger partial charge < -0.3 is 19.3 Å². The summed E-state index contributed by atoms with van der Waals surface area (Å²) in [6, 6.07) is 2.48. The molecule has 4 aliphatic heterocycles. The van der Waals surface area contributed by atoms with Gasteiger partial charge in [-0.15, -0.1) is 0 Å². The van der Waals surface area contributed by atoms with E-state index >= 15 is 0 Å². The van der Waals surface area contributed by atoms with Crippen molar-refractivity contribution in [2.75, 3.05) is 49.3 Å². The molecule has 6 rings (SSSR count). The Balaban J connectivity index is 1.19. The quantitative estimate of drug-likeness (QED) is 0.692. The first-order valence-electron chi connectivity index (χ1n) is 11.8. The van der Waals surface area contributed by atoms with Gasteiger partial charge in [-0.3, -0.25) is 0 Å². The number of ether oxygens (including phenoxy) is 2. The van der Waals surface area contributed by atoms with Crippen LogP contribution in [-0.4, -0.2) is 60.4 Å². The van der Waals surface area contributed by atoms with Crippen molar-refractivity contribution in [1.29, 1.82) is 0 Å².